The number of aliphatic carboxylic acids is 1. The summed E-state index contributed by atoms with van der Waals surface area (Å²) in [7, 11) is 6.34. The maximum Gasteiger partial charge on any atom is 0.343 e. The number of nitrogens with two attached hydrogens (primary N) is 2. The number of nitrogens with one attached hydrogen (secondary N) is 3. The summed E-state index contributed by atoms with van der Waals surface area (Å²) in [5.74, 6) is -6.15. The Morgan fingerprint density at radius 3 is 2.61 bits per heavy atom. The van der Waals surface area contributed by atoms with Crippen molar-refractivity contribution in [2.75, 3.05) is 57.6 Å². The van der Waals surface area contributed by atoms with Crippen LogP contribution in [0.2, 0.25) is 0 Å². The highest BCUT2D eigenvalue weighted by Gasteiger charge is 2.58. The second kappa shape index (κ2) is 26.1. The Balaban J connectivity index is 1.42. The maximum atomic E-state index is 14.8. The van der Waals surface area contributed by atoms with Gasteiger partial charge < -0.3 is 86.6 Å². The number of carboxylic acids is 1. The van der Waals surface area contributed by atoms with Gasteiger partial charge in [0.15, 0.2) is 24.3 Å². The first-order valence-electron chi connectivity index (χ1n) is 24.3. The Labute approximate surface area is 434 Å². The molecule has 1 saturated carbocycles. The first-order valence-corrected chi connectivity index (χ1v) is 29.0. The summed E-state index contributed by atoms with van der Waals surface area (Å²) in [5, 5.41) is 92.1. The van der Waals surface area contributed by atoms with E-state index in [4.69, 9.17) is 35.2 Å². The molecule has 0 radical (unpaired) electrons. The van der Waals surface area contributed by atoms with Crippen LogP contribution >= 0.6 is 43.2 Å². The lowest BCUT2D eigenvalue weighted by atomic mass is 9.82. The molecular weight excluding hydrogens is 1020 g/mol. The van der Waals surface area contributed by atoms with Gasteiger partial charge in [0, 0.05) is 66.5 Å². The lowest BCUT2D eigenvalue weighted by Crippen LogP contribution is -3.14. The average molecular weight is 1090 g/mol. The van der Waals surface area contributed by atoms with E-state index in [2.05, 4.69) is 20.6 Å². The molecule has 2 fully saturated rings. The fourth-order valence-electron chi connectivity index (χ4n) is 10.1. The fourth-order valence-corrected chi connectivity index (χ4v) is 16.9. The number of aliphatic imine (C=N–C) groups is 2. The molecule has 0 spiro atoms. The van der Waals surface area contributed by atoms with Gasteiger partial charge in [0.2, 0.25) is 12.1 Å². The standard InChI is InChI=1S/C46H69N7O15S4/c1-23(2)65-39-43(67-34(20-57)38(58)46(39,62)63)68-42-28-5-3-14-69-71-35(15-26-10-12-50-44(47)51-26)37-32(19-56)53-16-24(36(29(17-53)40(59)60)52-45(48)49-11-4-13-54)6-8-27(28)30(21-64-42)41(61)66-33-9-7-25(18-55)31(33)22-70-72-37/h3,5-6,8,17,21,23,25-28,31-35,37-39,42-43,54-58,62-63H,4,7,9-16,18-20,22H2,1-2H3,(H,59,60)(H3,47,50,51)(H3,48,49,52)/p+1. The number of quaternary nitrogens is 1. The molecule has 22 nitrogen and oxygen atoms in total. The molecule has 0 aromatic heterocycles. The zero-order chi connectivity index (χ0) is 51.7. The first kappa shape index (κ1) is 56.7. The zero-order valence-corrected chi connectivity index (χ0v) is 43.4. The molecule has 6 heterocycles. The number of guanidine groups is 2. The SMILES string of the molecule is CC(C)OC1C(OC2OC=C3C(=O)OC4CCC(CO)C4CSSC4C(CC5CCN=C(N)N5)SSCC=CC2C3C=CC2=C(NC(N)=NCCCO)C(C(=O)O)=C[NH+](C2)C4CO)OC(CO)C(O)C1(O)O. The van der Waals surface area contributed by atoms with Gasteiger partial charge in [-0.15, -0.1) is 0 Å². The van der Waals surface area contributed by atoms with Gasteiger partial charge in [-0.2, -0.15) is 0 Å². The quantitative estimate of drug-likeness (QED) is 0.0178. The number of ether oxygens (including phenoxy) is 5. The molecule has 6 aliphatic heterocycles. The molecule has 402 valence electrons. The van der Waals surface area contributed by atoms with Gasteiger partial charge >= 0.3 is 11.9 Å². The summed E-state index contributed by atoms with van der Waals surface area (Å²) in [6.07, 6.45) is 3.12. The van der Waals surface area contributed by atoms with Crippen molar-refractivity contribution >= 4 is 67.0 Å². The topological polar surface area (TPSA) is 347 Å². The fraction of sp³-hybridized carbons (Fsp3) is 0.696. The minimum absolute atomic E-state index is 0.0691. The molecule has 15 unspecified atom stereocenters. The predicted octanol–water partition coefficient (Wildman–Crippen LogP) is -1.57. The van der Waals surface area contributed by atoms with Crippen LogP contribution in [0.5, 0.6) is 0 Å². The minimum atomic E-state index is -2.97. The minimum Gasteiger partial charge on any atom is -0.477 e. The van der Waals surface area contributed by atoms with Crippen molar-refractivity contribution in [3.63, 3.8) is 0 Å². The second-order valence-electron chi connectivity index (χ2n) is 19.0. The molecule has 15 atom stereocenters. The number of aliphatic hydroxyl groups excluding tert-OH is 5. The lowest BCUT2D eigenvalue weighted by molar-refractivity contribution is -0.870. The number of carboxylic acid groups (broad SMARTS) is 1. The Hall–Kier alpha value is -3.06. The molecule has 26 heteroatoms. The number of aliphatic hydroxyl groups is 7. The van der Waals surface area contributed by atoms with Gasteiger partial charge in [-0.25, -0.2) is 9.59 Å². The lowest BCUT2D eigenvalue weighted by Gasteiger charge is -2.48. The number of allylic oxidation sites excluding steroid dienone is 1. The third-order valence-corrected chi connectivity index (χ3v) is 19.7. The van der Waals surface area contributed by atoms with Gasteiger partial charge in [0.1, 0.15) is 42.7 Å². The van der Waals surface area contributed by atoms with Crippen molar-refractivity contribution in [2.45, 2.75) is 117 Å². The van der Waals surface area contributed by atoms with Gasteiger partial charge in [0.05, 0.1) is 48.0 Å². The van der Waals surface area contributed by atoms with Crippen molar-refractivity contribution < 1.29 is 79.0 Å². The first-order chi connectivity index (χ1) is 34.6. The monoisotopic (exact) mass is 1090 g/mol. The Morgan fingerprint density at radius 1 is 1.10 bits per heavy atom. The van der Waals surface area contributed by atoms with Crippen LogP contribution in [0.4, 0.5) is 0 Å². The predicted molar refractivity (Wildman–Crippen MR) is 273 cm³/mol. The summed E-state index contributed by atoms with van der Waals surface area (Å²) in [6, 6.07) is -0.658. The van der Waals surface area contributed by atoms with E-state index in [1.54, 1.807) is 75.4 Å². The summed E-state index contributed by atoms with van der Waals surface area (Å²) in [5.41, 5.74) is 13.0. The van der Waals surface area contributed by atoms with Crippen molar-refractivity contribution in [3.05, 3.63) is 59.2 Å². The largest absolute Gasteiger partial charge is 0.477 e. The number of carbonyl (C=O) groups is 2. The molecule has 15 N–H and O–H groups in total. The van der Waals surface area contributed by atoms with Crippen LogP contribution in [0.3, 0.4) is 0 Å². The molecule has 7 rings (SSSR count). The van der Waals surface area contributed by atoms with E-state index in [1.165, 1.54) is 6.26 Å². The van der Waals surface area contributed by atoms with E-state index < -0.39 is 85.3 Å². The Morgan fingerprint density at radius 2 is 1.90 bits per heavy atom. The van der Waals surface area contributed by atoms with E-state index in [-0.39, 0.29) is 84.1 Å². The summed E-state index contributed by atoms with van der Waals surface area (Å²) < 4.78 is 31.1. The van der Waals surface area contributed by atoms with Crippen molar-refractivity contribution in [3.8, 4) is 0 Å². The summed E-state index contributed by atoms with van der Waals surface area (Å²) in [4.78, 5) is 37.5. The number of carbonyl (C=O) groups excluding carboxylic acids is 1. The number of hydrogen-bond acceptors (Lipinski definition) is 22. The maximum absolute atomic E-state index is 14.8. The summed E-state index contributed by atoms with van der Waals surface area (Å²) in [6.45, 7) is 2.67. The molecule has 72 heavy (non-hydrogen) atoms. The van der Waals surface area contributed by atoms with E-state index in [1.807, 2.05) is 12.2 Å². The van der Waals surface area contributed by atoms with E-state index in [0.717, 1.165) is 0 Å². The normalized spacial score (nSPS) is 36.5. The second-order valence-corrected chi connectivity index (χ2v) is 24.2. The molecule has 1 saturated heterocycles. The van der Waals surface area contributed by atoms with Gasteiger partial charge in [-0.1, -0.05) is 67.5 Å². The van der Waals surface area contributed by atoms with Crippen LogP contribution in [-0.4, -0.2) is 194 Å². The molecule has 0 aromatic rings. The highest BCUT2D eigenvalue weighted by Crippen LogP contribution is 2.47. The van der Waals surface area contributed by atoms with E-state index in [9.17, 15) is 50.4 Å². The van der Waals surface area contributed by atoms with Crippen LogP contribution in [0.25, 0.3) is 0 Å². The van der Waals surface area contributed by atoms with Crippen LogP contribution in [-0.2, 0) is 33.3 Å². The van der Waals surface area contributed by atoms with Gasteiger partial charge in [-0.3, -0.25) is 14.9 Å². The van der Waals surface area contributed by atoms with Gasteiger partial charge in [0.25, 0.3) is 0 Å². The molecule has 0 amide bonds. The van der Waals surface area contributed by atoms with Crippen LogP contribution in [0.15, 0.2) is 69.2 Å². The number of esters is 1. The Bertz CT molecular complexity index is 2110. The molecule has 1 aliphatic carbocycles. The number of hydrogen-bond donors (Lipinski definition) is 13. The Kier molecular flexibility index (Phi) is 20.6. The van der Waals surface area contributed by atoms with Crippen molar-refractivity contribution in [2.24, 2.45) is 45.1 Å². The third-order valence-electron chi connectivity index (χ3n) is 13.8. The van der Waals surface area contributed by atoms with Crippen LogP contribution < -0.4 is 27.0 Å². The highest BCUT2D eigenvalue weighted by atomic mass is 33.1. The van der Waals surface area contributed by atoms with Gasteiger partial charge in [-0.05, 0) is 51.9 Å². The average Bonchev–Trinajstić information content (AvgIpc) is 3.73. The number of fused-ring (bicyclic) bond motifs is 2. The smallest absolute Gasteiger partial charge is 0.343 e. The van der Waals surface area contributed by atoms with E-state index in [0.29, 0.717) is 66.6 Å². The van der Waals surface area contributed by atoms with Crippen LogP contribution in [0, 0.1) is 23.7 Å². The van der Waals surface area contributed by atoms with Crippen LogP contribution in [0.1, 0.15) is 46.0 Å². The van der Waals surface area contributed by atoms with E-state index >= 15 is 0 Å². The molecule has 7 aliphatic rings. The molecule has 4 bridgehead atoms. The third kappa shape index (κ3) is 13.5. The zero-order valence-electron chi connectivity index (χ0n) is 40.1. The number of rotatable bonds is 14. The van der Waals surface area contributed by atoms with Crippen molar-refractivity contribution in [1.29, 1.82) is 0 Å². The summed E-state index contributed by atoms with van der Waals surface area (Å²) >= 11 is 0. The highest BCUT2D eigenvalue weighted by molar-refractivity contribution is 8.78. The molecular formula is C46H70N7O15S4+. The molecule has 0 aromatic carbocycles. The number of nitrogens with zero attached hydrogens (tertiary/aromatic N) is 2. The van der Waals surface area contributed by atoms with Crippen molar-refractivity contribution in [1.82, 2.24) is 10.6 Å².